The molecule has 0 aliphatic heterocycles. The van der Waals surface area contributed by atoms with E-state index in [1.165, 1.54) is 204 Å². The monoisotopic (exact) mass is 672 g/mol. The zero-order chi connectivity index (χ0) is 35.8. The van der Waals surface area contributed by atoms with E-state index in [2.05, 4.69) is 73.7 Å². The molecule has 0 rings (SSSR count). The standard InChI is InChI=1S/C47H93N/c1-41(2)28-24-32-43(5)30-20-16-13-11-12-14-18-22-37-47(40-46(8)36-27-39-48(9)10)38-23-19-15-17-21-31-44(6)34-26-35-45(7)33-25-29-42(3)4/h41-43,45,47H,6,8,11-40H2,1-5,7,9-10H3. The summed E-state index contributed by atoms with van der Waals surface area (Å²) in [5, 5.41) is 0. The van der Waals surface area contributed by atoms with E-state index >= 15 is 0 Å². The highest BCUT2D eigenvalue weighted by atomic mass is 15.0. The Balaban J connectivity index is 4.08. The first-order valence-corrected chi connectivity index (χ1v) is 22.0. The fraction of sp³-hybridized carbons (Fsp3) is 0.915. The lowest BCUT2D eigenvalue weighted by Crippen LogP contribution is -2.13. The van der Waals surface area contributed by atoms with Crippen LogP contribution in [0.4, 0.5) is 0 Å². The van der Waals surface area contributed by atoms with E-state index in [-0.39, 0.29) is 0 Å². The summed E-state index contributed by atoms with van der Waals surface area (Å²) in [6.07, 6.45) is 40.4. The summed E-state index contributed by atoms with van der Waals surface area (Å²) in [5.41, 5.74) is 3.02. The van der Waals surface area contributed by atoms with Gasteiger partial charge in [0.05, 0.1) is 0 Å². The highest BCUT2D eigenvalue weighted by Crippen LogP contribution is 2.27. The molecule has 1 heteroatoms. The van der Waals surface area contributed by atoms with E-state index in [0.717, 1.165) is 29.6 Å². The normalized spacial score (nSPS) is 13.9. The molecule has 0 saturated heterocycles. The summed E-state index contributed by atoms with van der Waals surface area (Å²) < 4.78 is 0. The second-order valence-corrected chi connectivity index (χ2v) is 17.9. The molecule has 0 radical (unpaired) electrons. The molecule has 0 amide bonds. The lowest BCUT2D eigenvalue weighted by atomic mass is 9.88. The van der Waals surface area contributed by atoms with Crippen molar-refractivity contribution in [2.75, 3.05) is 20.6 Å². The number of rotatable bonds is 37. The summed E-state index contributed by atoms with van der Waals surface area (Å²) in [5.74, 6) is 4.42. The molecule has 0 aromatic rings. The minimum atomic E-state index is 0.856. The second-order valence-electron chi connectivity index (χ2n) is 17.9. The van der Waals surface area contributed by atoms with Gasteiger partial charge in [0.1, 0.15) is 0 Å². The molecule has 0 N–H and O–H groups in total. The van der Waals surface area contributed by atoms with Crippen LogP contribution in [0.25, 0.3) is 0 Å². The van der Waals surface area contributed by atoms with Crippen LogP contribution in [0.1, 0.15) is 228 Å². The van der Waals surface area contributed by atoms with Crippen LogP contribution in [0.3, 0.4) is 0 Å². The predicted octanol–water partition coefficient (Wildman–Crippen LogP) is 16.2. The molecule has 286 valence electrons. The van der Waals surface area contributed by atoms with Crippen molar-refractivity contribution in [2.45, 2.75) is 228 Å². The molecule has 0 bridgehead atoms. The van der Waals surface area contributed by atoms with E-state index in [4.69, 9.17) is 0 Å². The van der Waals surface area contributed by atoms with Crippen molar-refractivity contribution in [2.24, 2.45) is 29.6 Å². The van der Waals surface area contributed by atoms with Crippen LogP contribution in [-0.4, -0.2) is 25.5 Å². The summed E-state index contributed by atoms with van der Waals surface area (Å²) in [6, 6.07) is 0. The van der Waals surface area contributed by atoms with Crippen molar-refractivity contribution in [3.8, 4) is 0 Å². The maximum absolute atomic E-state index is 4.53. The molecule has 0 aliphatic rings. The highest BCUT2D eigenvalue weighted by Gasteiger charge is 2.11. The Morgan fingerprint density at radius 2 is 0.771 bits per heavy atom. The quantitative estimate of drug-likeness (QED) is 0.0469. The third kappa shape index (κ3) is 35.3. The lowest BCUT2D eigenvalue weighted by Gasteiger charge is -2.19. The van der Waals surface area contributed by atoms with Gasteiger partial charge in [0.2, 0.25) is 0 Å². The molecule has 3 atom stereocenters. The van der Waals surface area contributed by atoms with E-state index in [1.807, 2.05) is 0 Å². The Labute approximate surface area is 306 Å². The van der Waals surface area contributed by atoms with Crippen molar-refractivity contribution in [3.05, 3.63) is 24.3 Å². The molecule has 1 nitrogen and oxygen atoms in total. The highest BCUT2D eigenvalue weighted by molar-refractivity contribution is 4.96. The van der Waals surface area contributed by atoms with Gasteiger partial charge >= 0.3 is 0 Å². The van der Waals surface area contributed by atoms with Crippen LogP contribution >= 0.6 is 0 Å². The minimum absolute atomic E-state index is 0.856. The number of allylic oxidation sites excluding steroid dienone is 2. The van der Waals surface area contributed by atoms with Crippen LogP contribution in [-0.2, 0) is 0 Å². The fourth-order valence-electron chi connectivity index (χ4n) is 7.69. The molecule has 48 heavy (non-hydrogen) atoms. The Morgan fingerprint density at radius 3 is 1.25 bits per heavy atom. The molecule has 3 unspecified atom stereocenters. The summed E-state index contributed by atoms with van der Waals surface area (Å²) in [4.78, 5) is 2.31. The molecule has 0 aliphatic carbocycles. The molecular weight excluding hydrogens is 579 g/mol. The Kier molecular flexibility index (Phi) is 33.2. The van der Waals surface area contributed by atoms with Crippen LogP contribution in [0, 0.1) is 29.6 Å². The second kappa shape index (κ2) is 33.6. The van der Waals surface area contributed by atoms with Gasteiger partial charge in [-0.25, -0.2) is 0 Å². The molecule has 0 heterocycles. The number of nitrogens with zero attached hydrogens (tertiary/aromatic N) is 1. The van der Waals surface area contributed by atoms with Crippen LogP contribution in [0.15, 0.2) is 24.3 Å². The first kappa shape index (κ1) is 47.4. The number of hydrogen-bond donors (Lipinski definition) is 0. The molecular formula is C47H93N. The third-order valence-electron chi connectivity index (χ3n) is 11.1. The summed E-state index contributed by atoms with van der Waals surface area (Å²) in [6.45, 7) is 24.5. The third-order valence-corrected chi connectivity index (χ3v) is 11.1. The predicted molar refractivity (Wildman–Crippen MR) is 222 cm³/mol. The summed E-state index contributed by atoms with van der Waals surface area (Å²) >= 11 is 0. The van der Waals surface area contributed by atoms with Gasteiger partial charge in [0.15, 0.2) is 0 Å². The van der Waals surface area contributed by atoms with Gasteiger partial charge < -0.3 is 4.90 Å². The van der Waals surface area contributed by atoms with Crippen molar-refractivity contribution < 1.29 is 0 Å². The van der Waals surface area contributed by atoms with Crippen molar-refractivity contribution >= 4 is 0 Å². The van der Waals surface area contributed by atoms with Crippen molar-refractivity contribution in [1.82, 2.24) is 4.90 Å². The average molecular weight is 672 g/mol. The van der Waals surface area contributed by atoms with Gasteiger partial charge in [-0.1, -0.05) is 207 Å². The smallest absolute Gasteiger partial charge is 0.00218 e. The molecule has 0 aromatic heterocycles. The zero-order valence-electron chi connectivity index (χ0n) is 35.0. The van der Waals surface area contributed by atoms with E-state index < -0.39 is 0 Å². The maximum Gasteiger partial charge on any atom is -0.00218 e. The molecule has 0 fully saturated rings. The van der Waals surface area contributed by atoms with Gasteiger partial charge in [-0.05, 0) is 95.2 Å². The topological polar surface area (TPSA) is 3.24 Å². The Morgan fingerprint density at radius 1 is 0.396 bits per heavy atom. The van der Waals surface area contributed by atoms with Gasteiger partial charge in [0.25, 0.3) is 0 Å². The van der Waals surface area contributed by atoms with Gasteiger partial charge in [0, 0.05) is 0 Å². The average Bonchev–Trinajstić information content (AvgIpc) is 3.00. The van der Waals surface area contributed by atoms with Gasteiger partial charge in [-0.2, -0.15) is 0 Å². The van der Waals surface area contributed by atoms with E-state index in [9.17, 15) is 0 Å². The maximum atomic E-state index is 4.53. The first-order valence-electron chi connectivity index (χ1n) is 22.0. The minimum Gasteiger partial charge on any atom is -0.309 e. The van der Waals surface area contributed by atoms with Crippen molar-refractivity contribution in [1.29, 1.82) is 0 Å². The van der Waals surface area contributed by atoms with Crippen LogP contribution < -0.4 is 0 Å². The SMILES string of the molecule is C=C(CCCCCCCC(CCCCCCCCCCC(C)CCCC(C)C)CC(=C)CCCN(C)C)CCCC(C)CCCC(C)C. The Bertz CT molecular complexity index is 702. The largest absolute Gasteiger partial charge is 0.309 e. The van der Waals surface area contributed by atoms with Crippen LogP contribution in [0.2, 0.25) is 0 Å². The zero-order valence-corrected chi connectivity index (χ0v) is 35.0. The molecule has 0 spiro atoms. The number of hydrogen-bond acceptors (Lipinski definition) is 1. The van der Waals surface area contributed by atoms with Gasteiger partial charge in [-0.3, -0.25) is 0 Å². The number of unbranched alkanes of at least 4 members (excludes halogenated alkanes) is 11. The molecule has 0 aromatic carbocycles. The lowest BCUT2D eigenvalue weighted by molar-refractivity contribution is 0.382. The molecule has 0 saturated carbocycles. The summed E-state index contributed by atoms with van der Waals surface area (Å²) in [7, 11) is 4.38. The van der Waals surface area contributed by atoms with E-state index in [0.29, 0.717) is 0 Å². The Hall–Kier alpha value is -0.560. The van der Waals surface area contributed by atoms with Crippen molar-refractivity contribution in [3.63, 3.8) is 0 Å². The van der Waals surface area contributed by atoms with Gasteiger partial charge in [-0.15, -0.1) is 0 Å². The fourth-order valence-corrected chi connectivity index (χ4v) is 7.69. The first-order chi connectivity index (χ1) is 23.0. The van der Waals surface area contributed by atoms with E-state index in [1.54, 1.807) is 0 Å². The van der Waals surface area contributed by atoms with Crippen LogP contribution in [0.5, 0.6) is 0 Å².